The van der Waals surface area contributed by atoms with Gasteiger partial charge in [0, 0.05) is 11.0 Å². The van der Waals surface area contributed by atoms with Crippen LogP contribution in [0.3, 0.4) is 0 Å². The lowest BCUT2D eigenvalue weighted by Crippen LogP contribution is -2.32. The lowest BCUT2D eigenvalue weighted by Gasteiger charge is -2.09. The van der Waals surface area contributed by atoms with Gasteiger partial charge in [-0.25, -0.2) is 35.1 Å². The minimum Gasteiger partial charge on any atom is -0.423 e. The molecule has 4 nitrogen and oxygen atoms in total. The Morgan fingerprint density at radius 3 is 0.972 bits per heavy atom. The molecule has 0 aliphatic carbocycles. The molecule has 358 valence electrons. The van der Waals surface area contributed by atoms with Gasteiger partial charge in [0.25, 0.3) is 0 Å². The molecule has 0 unspecified atom stereocenters. The molecule has 9 rings (SSSR count). The normalized spacial score (nSPS) is 10.5. The minimum atomic E-state index is -1.85. The van der Waals surface area contributed by atoms with Crippen LogP contribution in [0.15, 0.2) is 197 Å². The van der Waals surface area contributed by atoms with Crippen LogP contribution in [-0.4, -0.2) is 34.3 Å². The lowest BCUT2D eigenvalue weighted by atomic mass is 9.76. The lowest BCUT2D eigenvalue weighted by molar-refractivity contribution is 0.422. The van der Waals surface area contributed by atoms with Crippen LogP contribution in [0.5, 0.6) is 0 Å². The van der Waals surface area contributed by atoms with Crippen LogP contribution in [0.2, 0.25) is 0 Å². The highest BCUT2D eigenvalue weighted by Crippen LogP contribution is 2.30. The average Bonchev–Trinajstić information content (AvgIpc) is 3.33. The fraction of sp³-hybridized carbons (Fsp3) is 0.0182. The Bertz CT molecular complexity index is 3140. The molecule has 0 atom stereocenters. The van der Waals surface area contributed by atoms with E-state index in [0.717, 1.165) is 0 Å². The Balaban J connectivity index is 0.000000157. The van der Waals surface area contributed by atoms with Crippen molar-refractivity contribution < 1.29 is 55.2 Å². The third-order valence-electron chi connectivity index (χ3n) is 10.6. The van der Waals surface area contributed by atoms with Crippen LogP contribution in [0, 0.1) is 53.5 Å². The Hall–Kier alpha value is -6.65. The zero-order chi connectivity index (χ0) is 51.4. The summed E-state index contributed by atoms with van der Waals surface area (Å²) in [6.45, 7) is 1.72. The quantitative estimate of drug-likeness (QED) is 0.0947. The van der Waals surface area contributed by atoms with Gasteiger partial charge in [0.05, 0.1) is 8.95 Å². The molecule has 0 radical (unpaired) electrons. The molecule has 0 saturated carbocycles. The van der Waals surface area contributed by atoms with Crippen LogP contribution in [0.25, 0.3) is 55.6 Å². The summed E-state index contributed by atoms with van der Waals surface area (Å²) in [6.07, 6.45) is 0. The number of hydrogen-bond donors (Lipinski definition) is 4. The monoisotopic (exact) mass is 1090 g/mol. The van der Waals surface area contributed by atoms with Crippen LogP contribution in [0.4, 0.5) is 35.1 Å². The van der Waals surface area contributed by atoms with Crippen molar-refractivity contribution in [2.24, 2.45) is 0 Å². The van der Waals surface area contributed by atoms with Gasteiger partial charge in [-0.05, 0) is 179 Å². The van der Waals surface area contributed by atoms with Crippen molar-refractivity contribution in [2.45, 2.75) is 6.92 Å². The Kier molecular flexibility index (Phi) is 18.9. The number of halogens is 10. The molecular weight excluding hydrogens is 1060 g/mol. The van der Waals surface area contributed by atoms with Crippen LogP contribution in [0.1, 0.15) is 5.56 Å². The van der Waals surface area contributed by atoms with Crippen molar-refractivity contribution in [1.82, 2.24) is 0 Å². The fourth-order valence-corrected chi connectivity index (χ4v) is 7.49. The highest BCUT2D eigenvalue weighted by Gasteiger charge is 2.18. The third kappa shape index (κ3) is 14.9. The van der Waals surface area contributed by atoms with E-state index in [-0.39, 0.29) is 34.5 Å². The van der Waals surface area contributed by atoms with E-state index in [4.69, 9.17) is 20.1 Å². The molecule has 0 aliphatic rings. The van der Waals surface area contributed by atoms with Gasteiger partial charge in [-0.3, -0.25) is 0 Å². The molecule has 9 aromatic carbocycles. The second-order valence-electron chi connectivity index (χ2n) is 15.5. The predicted octanol–water partition coefficient (Wildman–Crippen LogP) is 13.4. The van der Waals surface area contributed by atoms with Crippen LogP contribution < -0.4 is 10.9 Å². The Morgan fingerprint density at radius 2 is 0.620 bits per heavy atom. The zero-order valence-electron chi connectivity index (χ0n) is 37.1. The largest absolute Gasteiger partial charge is 0.491 e. The number of aryl methyl sites for hydroxylation is 1. The van der Waals surface area contributed by atoms with Gasteiger partial charge in [0.1, 0.15) is 46.5 Å². The van der Waals surface area contributed by atoms with Crippen LogP contribution in [-0.2, 0) is 0 Å². The Morgan fingerprint density at radius 1 is 0.310 bits per heavy atom. The first-order chi connectivity index (χ1) is 33.9. The first-order valence-corrected chi connectivity index (χ1v) is 22.8. The van der Waals surface area contributed by atoms with Crippen molar-refractivity contribution in [3.8, 4) is 55.6 Å². The summed E-state index contributed by atoms with van der Waals surface area (Å²) in [5, 5.41) is 36.2. The van der Waals surface area contributed by atoms with Crippen LogP contribution >= 0.6 is 31.9 Å². The molecule has 0 saturated heterocycles. The van der Waals surface area contributed by atoms with E-state index in [0.29, 0.717) is 75.6 Å². The summed E-state index contributed by atoms with van der Waals surface area (Å²) < 4.78 is 107. The Labute approximate surface area is 421 Å². The second-order valence-corrected chi connectivity index (χ2v) is 17.3. The first-order valence-electron chi connectivity index (χ1n) is 21.2. The third-order valence-corrected chi connectivity index (χ3v) is 11.9. The van der Waals surface area contributed by atoms with E-state index in [1.54, 1.807) is 110 Å². The van der Waals surface area contributed by atoms with Crippen molar-refractivity contribution >= 4 is 57.0 Å². The molecule has 0 aromatic heterocycles. The summed E-state index contributed by atoms with van der Waals surface area (Å²) >= 11 is 6.14. The molecule has 4 N–H and O–H groups in total. The molecule has 0 amide bonds. The maximum atomic E-state index is 14.2. The maximum Gasteiger partial charge on any atom is 0.491 e. The van der Waals surface area contributed by atoms with E-state index < -0.39 is 31.7 Å². The highest BCUT2D eigenvalue weighted by molar-refractivity contribution is 9.10. The summed E-state index contributed by atoms with van der Waals surface area (Å²) in [4.78, 5) is 0. The highest BCUT2D eigenvalue weighted by atomic mass is 79.9. The van der Waals surface area contributed by atoms with E-state index in [9.17, 15) is 35.1 Å². The van der Waals surface area contributed by atoms with Crippen molar-refractivity contribution in [3.63, 3.8) is 0 Å². The average molecular weight is 1100 g/mol. The van der Waals surface area contributed by atoms with Crippen molar-refractivity contribution in [1.29, 1.82) is 0 Å². The fourth-order valence-electron chi connectivity index (χ4n) is 7.00. The smallest absolute Gasteiger partial charge is 0.423 e. The summed E-state index contributed by atoms with van der Waals surface area (Å²) in [5.41, 5.74) is 6.75. The number of rotatable bonds is 7. The van der Waals surface area contributed by atoms with Gasteiger partial charge < -0.3 is 20.1 Å². The molecule has 16 heteroatoms. The van der Waals surface area contributed by atoms with Gasteiger partial charge in [0.2, 0.25) is 0 Å². The maximum absolute atomic E-state index is 14.2. The predicted molar refractivity (Wildman–Crippen MR) is 272 cm³/mol. The minimum absolute atomic E-state index is 0.187. The molecule has 0 spiro atoms. The van der Waals surface area contributed by atoms with Gasteiger partial charge >= 0.3 is 14.2 Å². The summed E-state index contributed by atoms with van der Waals surface area (Å²) in [6, 6.07) is 46.9. The zero-order valence-corrected chi connectivity index (χ0v) is 40.3. The van der Waals surface area contributed by atoms with E-state index in [1.165, 1.54) is 84.9 Å². The SMILES string of the molecule is Cc1cc(-c2ccc(B(O)O)c(F)c2)ccc1B(O)O.Fc1cc(-c2ccc(Br)c(F)c2)ccc1Br.Fc1cccc(-c2ccc(-c3cccc(F)c3)c(F)c2)c1.Fc1cccc(-c2cccc(F)c2)c1. The number of benzene rings is 9. The topological polar surface area (TPSA) is 80.9 Å². The summed E-state index contributed by atoms with van der Waals surface area (Å²) in [7, 11) is -3.40. The molecule has 9 aromatic rings. The first kappa shape index (κ1) is 53.7. The molecule has 0 fully saturated rings. The van der Waals surface area contributed by atoms with Crippen molar-refractivity contribution in [2.75, 3.05) is 0 Å². The summed E-state index contributed by atoms with van der Waals surface area (Å²) in [5.74, 6) is -3.31. The molecule has 71 heavy (non-hydrogen) atoms. The van der Waals surface area contributed by atoms with Crippen molar-refractivity contribution in [3.05, 3.63) is 249 Å². The molecule has 0 heterocycles. The standard InChI is InChI=1S/C18H11F3.C13H13B2FO4.C12H6Br2F2.C12H8F2/c19-15-5-1-3-12(9-15)13-7-8-17(18(21)11-13)14-4-2-6-16(20)10-14;1-8-6-9(2-4-11(8)14(17)18)10-3-5-12(15(19)20)13(16)7-10;13-9-3-1-7(5-11(9)15)8-2-4-10(14)12(16)6-8;13-11-5-1-3-9(7-11)10-4-2-6-12(14)8-10/h1-11H;2-7,17-20H,1H3;1-6H;1-8H. The van der Waals surface area contributed by atoms with E-state index in [2.05, 4.69) is 31.9 Å². The van der Waals surface area contributed by atoms with Gasteiger partial charge in [-0.1, -0.05) is 109 Å². The van der Waals surface area contributed by atoms with Gasteiger partial charge in [-0.2, -0.15) is 0 Å². The van der Waals surface area contributed by atoms with Gasteiger partial charge in [-0.15, -0.1) is 0 Å². The molecule has 0 bridgehead atoms. The van der Waals surface area contributed by atoms with E-state index in [1.807, 2.05) is 0 Å². The molecule has 0 aliphatic heterocycles. The molecular formula is C55H38B2Br2F8O4. The number of hydrogen-bond acceptors (Lipinski definition) is 4. The second kappa shape index (κ2) is 25.0. The van der Waals surface area contributed by atoms with E-state index >= 15 is 0 Å². The van der Waals surface area contributed by atoms with Gasteiger partial charge in [0.15, 0.2) is 0 Å².